The lowest BCUT2D eigenvalue weighted by molar-refractivity contribution is 0.210. The average molecular weight is 209 g/mol. The number of nitrogens with one attached hydrogen (secondary N) is 1. The van der Waals surface area contributed by atoms with Gasteiger partial charge in [-0.05, 0) is 6.92 Å². The number of aryl methyl sites for hydroxylation is 1. The predicted molar refractivity (Wildman–Crippen MR) is 61.2 cm³/mol. The Balaban J connectivity index is 2.71. The maximum atomic E-state index is 4.97. The van der Waals surface area contributed by atoms with Gasteiger partial charge in [0.15, 0.2) is 0 Å². The van der Waals surface area contributed by atoms with Gasteiger partial charge in [0.05, 0.1) is 6.61 Å². The van der Waals surface area contributed by atoms with Crippen LogP contribution < -0.4 is 5.32 Å². The van der Waals surface area contributed by atoms with Crippen molar-refractivity contribution in [3.8, 4) is 0 Å². The Bertz CT molecular complexity index is 313. The molecule has 0 atom stereocenters. The lowest BCUT2D eigenvalue weighted by Gasteiger charge is -2.09. The molecule has 0 radical (unpaired) electrons. The molecule has 0 saturated carbocycles. The summed E-state index contributed by atoms with van der Waals surface area (Å²) >= 11 is 0. The minimum Gasteiger partial charge on any atom is -0.383 e. The molecule has 4 heteroatoms. The van der Waals surface area contributed by atoms with Gasteiger partial charge >= 0.3 is 0 Å². The van der Waals surface area contributed by atoms with Crippen molar-refractivity contribution in [3.05, 3.63) is 17.6 Å². The second-order valence-electron chi connectivity index (χ2n) is 3.83. The van der Waals surface area contributed by atoms with E-state index in [1.807, 2.05) is 13.0 Å². The third-order valence-corrected chi connectivity index (χ3v) is 2.00. The Morgan fingerprint density at radius 3 is 2.73 bits per heavy atom. The highest BCUT2D eigenvalue weighted by molar-refractivity contribution is 5.36. The molecular weight excluding hydrogens is 190 g/mol. The molecule has 1 N–H and O–H groups in total. The predicted octanol–water partition coefficient (Wildman–Crippen LogP) is 1.97. The Hall–Kier alpha value is -1.16. The van der Waals surface area contributed by atoms with Crippen LogP contribution in [0.1, 0.15) is 31.3 Å². The molecule has 15 heavy (non-hydrogen) atoms. The van der Waals surface area contributed by atoms with E-state index >= 15 is 0 Å². The average Bonchev–Trinajstić information content (AvgIpc) is 2.17. The number of ether oxygens (including phenoxy) is 1. The van der Waals surface area contributed by atoms with Crippen molar-refractivity contribution in [2.24, 2.45) is 0 Å². The summed E-state index contributed by atoms with van der Waals surface area (Å²) in [5.74, 6) is 2.12. The first-order valence-electron chi connectivity index (χ1n) is 5.22. The maximum Gasteiger partial charge on any atom is 0.133 e. The first-order chi connectivity index (χ1) is 7.13. The third-order valence-electron chi connectivity index (χ3n) is 2.00. The van der Waals surface area contributed by atoms with Gasteiger partial charge in [0.25, 0.3) is 0 Å². The minimum absolute atomic E-state index is 0.355. The lowest BCUT2D eigenvalue weighted by atomic mass is 10.2. The fourth-order valence-corrected chi connectivity index (χ4v) is 1.22. The topological polar surface area (TPSA) is 47.0 Å². The molecule has 0 unspecified atom stereocenters. The van der Waals surface area contributed by atoms with E-state index < -0.39 is 0 Å². The SMILES string of the molecule is COCCNc1cc(C)nc(C(C)C)n1. The Morgan fingerprint density at radius 1 is 1.40 bits per heavy atom. The van der Waals surface area contributed by atoms with Gasteiger partial charge in [-0.15, -0.1) is 0 Å². The highest BCUT2D eigenvalue weighted by atomic mass is 16.5. The number of aromatic nitrogens is 2. The molecule has 0 aromatic carbocycles. The molecule has 0 bridgehead atoms. The van der Waals surface area contributed by atoms with Crippen LogP contribution in [0.3, 0.4) is 0 Å². The molecule has 1 heterocycles. The molecule has 1 rings (SSSR count). The molecule has 0 fully saturated rings. The van der Waals surface area contributed by atoms with E-state index in [1.165, 1.54) is 0 Å². The van der Waals surface area contributed by atoms with Crippen LogP contribution in [0.25, 0.3) is 0 Å². The van der Waals surface area contributed by atoms with Gasteiger partial charge in [-0.3, -0.25) is 0 Å². The van der Waals surface area contributed by atoms with Crippen molar-refractivity contribution in [3.63, 3.8) is 0 Å². The largest absolute Gasteiger partial charge is 0.383 e. The summed E-state index contributed by atoms with van der Waals surface area (Å²) in [7, 11) is 1.69. The summed E-state index contributed by atoms with van der Waals surface area (Å²) in [6.07, 6.45) is 0. The number of nitrogens with zero attached hydrogens (tertiary/aromatic N) is 2. The van der Waals surface area contributed by atoms with Gasteiger partial charge in [0.2, 0.25) is 0 Å². The summed E-state index contributed by atoms with van der Waals surface area (Å²) in [6.45, 7) is 7.61. The van der Waals surface area contributed by atoms with Crippen LogP contribution in [0.2, 0.25) is 0 Å². The number of hydrogen-bond acceptors (Lipinski definition) is 4. The zero-order valence-corrected chi connectivity index (χ0v) is 9.87. The number of methoxy groups -OCH3 is 1. The first-order valence-corrected chi connectivity index (χ1v) is 5.22. The zero-order chi connectivity index (χ0) is 11.3. The second kappa shape index (κ2) is 5.66. The normalized spacial score (nSPS) is 10.7. The highest BCUT2D eigenvalue weighted by Gasteiger charge is 2.05. The van der Waals surface area contributed by atoms with Crippen molar-refractivity contribution in [2.75, 3.05) is 25.6 Å². The highest BCUT2D eigenvalue weighted by Crippen LogP contribution is 2.13. The summed E-state index contributed by atoms with van der Waals surface area (Å²) in [5.41, 5.74) is 0.994. The van der Waals surface area contributed by atoms with Crippen molar-refractivity contribution in [1.29, 1.82) is 0 Å². The van der Waals surface area contributed by atoms with Gasteiger partial charge in [-0.25, -0.2) is 9.97 Å². The van der Waals surface area contributed by atoms with E-state index in [1.54, 1.807) is 7.11 Å². The third kappa shape index (κ3) is 3.83. The number of anilines is 1. The van der Waals surface area contributed by atoms with E-state index in [4.69, 9.17) is 4.74 Å². The smallest absolute Gasteiger partial charge is 0.133 e. The molecule has 84 valence electrons. The summed E-state index contributed by atoms with van der Waals surface area (Å²) in [4.78, 5) is 8.81. The molecule has 0 aliphatic rings. The van der Waals surface area contributed by atoms with Gasteiger partial charge in [-0.1, -0.05) is 13.8 Å². The van der Waals surface area contributed by atoms with Crippen molar-refractivity contribution in [1.82, 2.24) is 9.97 Å². The van der Waals surface area contributed by atoms with Crippen molar-refractivity contribution >= 4 is 5.82 Å². The van der Waals surface area contributed by atoms with Crippen LogP contribution >= 0.6 is 0 Å². The van der Waals surface area contributed by atoms with E-state index in [2.05, 4.69) is 29.1 Å². The minimum atomic E-state index is 0.355. The maximum absolute atomic E-state index is 4.97. The van der Waals surface area contributed by atoms with Crippen LogP contribution in [0.15, 0.2) is 6.07 Å². The molecule has 0 aliphatic carbocycles. The van der Waals surface area contributed by atoms with Gasteiger partial charge in [0.1, 0.15) is 11.6 Å². The van der Waals surface area contributed by atoms with Crippen LogP contribution in [0, 0.1) is 6.92 Å². The van der Waals surface area contributed by atoms with Crippen LogP contribution in [0.4, 0.5) is 5.82 Å². The molecule has 0 spiro atoms. The fraction of sp³-hybridized carbons (Fsp3) is 0.636. The standard InChI is InChI=1S/C11H19N3O/c1-8(2)11-13-9(3)7-10(14-11)12-5-6-15-4/h7-8H,5-6H2,1-4H3,(H,12,13,14). The number of hydrogen-bond donors (Lipinski definition) is 1. The Labute approximate surface area is 91.1 Å². The molecule has 1 aromatic heterocycles. The summed E-state index contributed by atoms with van der Waals surface area (Å²) in [5, 5.41) is 3.21. The fourth-order valence-electron chi connectivity index (χ4n) is 1.22. The van der Waals surface area contributed by atoms with Crippen LogP contribution in [-0.4, -0.2) is 30.2 Å². The van der Waals surface area contributed by atoms with Crippen LogP contribution in [-0.2, 0) is 4.74 Å². The van der Waals surface area contributed by atoms with E-state index in [0.29, 0.717) is 12.5 Å². The first kappa shape index (κ1) is 11.9. The monoisotopic (exact) mass is 209 g/mol. The lowest BCUT2D eigenvalue weighted by Crippen LogP contribution is -2.11. The zero-order valence-electron chi connectivity index (χ0n) is 9.87. The molecule has 0 saturated heterocycles. The quantitative estimate of drug-likeness (QED) is 0.753. The molecular formula is C11H19N3O. The summed E-state index contributed by atoms with van der Waals surface area (Å²) in [6, 6.07) is 1.95. The van der Waals surface area contributed by atoms with E-state index in [-0.39, 0.29) is 0 Å². The molecule has 4 nitrogen and oxygen atoms in total. The van der Waals surface area contributed by atoms with E-state index in [9.17, 15) is 0 Å². The van der Waals surface area contributed by atoms with E-state index in [0.717, 1.165) is 23.9 Å². The van der Waals surface area contributed by atoms with Crippen molar-refractivity contribution in [2.45, 2.75) is 26.7 Å². The second-order valence-corrected chi connectivity index (χ2v) is 3.83. The Kier molecular flexibility index (Phi) is 4.49. The summed E-state index contributed by atoms with van der Waals surface area (Å²) < 4.78 is 4.97. The van der Waals surface area contributed by atoms with Crippen molar-refractivity contribution < 1.29 is 4.74 Å². The van der Waals surface area contributed by atoms with Gasteiger partial charge in [-0.2, -0.15) is 0 Å². The number of rotatable bonds is 5. The molecule has 0 aliphatic heterocycles. The Morgan fingerprint density at radius 2 is 2.13 bits per heavy atom. The van der Waals surface area contributed by atoms with Gasteiger partial charge in [0, 0.05) is 31.3 Å². The molecule has 0 amide bonds. The van der Waals surface area contributed by atoms with Crippen LogP contribution in [0.5, 0.6) is 0 Å². The van der Waals surface area contributed by atoms with Gasteiger partial charge < -0.3 is 10.1 Å². The molecule has 1 aromatic rings.